The highest BCUT2D eigenvalue weighted by atomic mass is 35.5. The van der Waals surface area contributed by atoms with Crippen molar-refractivity contribution in [1.82, 2.24) is 29.6 Å². The van der Waals surface area contributed by atoms with Crippen LogP contribution in [0.5, 0.6) is 0 Å². The summed E-state index contributed by atoms with van der Waals surface area (Å²) in [5.41, 5.74) is 0. The summed E-state index contributed by atoms with van der Waals surface area (Å²) < 4.78 is 28.4. The quantitative estimate of drug-likeness (QED) is 0.395. The first-order valence-corrected chi connectivity index (χ1v) is 18.6. The highest BCUT2D eigenvalue weighted by molar-refractivity contribution is 7.92. The average molecular weight is 669 g/mol. The number of piperidine rings is 1. The fraction of sp³-hybridized carbons (Fsp3) is 0.700. The van der Waals surface area contributed by atoms with E-state index in [1.54, 1.807) is 12.1 Å². The fourth-order valence-corrected chi connectivity index (χ4v) is 8.98. The number of sulfonamides is 1. The zero-order valence-corrected chi connectivity index (χ0v) is 27.8. The van der Waals surface area contributed by atoms with E-state index in [2.05, 4.69) is 14.9 Å². The average Bonchev–Trinajstić information content (AvgIpc) is 3.76. The summed E-state index contributed by atoms with van der Waals surface area (Å²) in [5.74, 6) is -0.466. The Bertz CT molecular complexity index is 1320. The summed E-state index contributed by atoms with van der Waals surface area (Å²) in [7, 11) is -1.97. The SMILES string of the molecule is CN(C(=O)NC1CCCCC1)C1CCN(C[C@@H]2CCCN2C(=O)CN2CCC[C@H](NS(=O)(=O)C=Cc3ccc(Cl)s3)C2=O)C1. The Morgan fingerprint density at radius 3 is 2.57 bits per heavy atom. The number of thiophene rings is 1. The summed E-state index contributed by atoms with van der Waals surface area (Å²) in [6.45, 7) is 3.44. The molecule has 4 fully saturated rings. The molecule has 14 heteroatoms. The van der Waals surface area contributed by atoms with Gasteiger partial charge in [-0.2, -0.15) is 4.72 Å². The van der Waals surface area contributed by atoms with Crippen LogP contribution in [-0.4, -0.2) is 116 Å². The van der Waals surface area contributed by atoms with Gasteiger partial charge in [0, 0.05) is 68.2 Å². The van der Waals surface area contributed by atoms with Gasteiger partial charge in [-0.3, -0.25) is 14.5 Å². The molecule has 44 heavy (non-hydrogen) atoms. The molecule has 4 amide bonds. The third-order valence-electron chi connectivity index (χ3n) is 9.38. The Hall–Kier alpha value is -2.19. The van der Waals surface area contributed by atoms with Crippen molar-refractivity contribution in [3.8, 4) is 0 Å². The molecule has 3 saturated heterocycles. The predicted octanol–water partition coefficient (Wildman–Crippen LogP) is 3.32. The molecule has 244 valence electrons. The molecule has 1 saturated carbocycles. The van der Waals surface area contributed by atoms with Gasteiger partial charge >= 0.3 is 6.03 Å². The zero-order valence-electron chi connectivity index (χ0n) is 25.5. The van der Waals surface area contributed by atoms with Gasteiger partial charge in [0.15, 0.2) is 0 Å². The van der Waals surface area contributed by atoms with Gasteiger partial charge in [0.05, 0.1) is 10.9 Å². The van der Waals surface area contributed by atoms with Crippen LogP contribution in [0, 0.1) is 0 Å². The Morgan fingerprint density at radius 1 is 1.05 bits per heavy atom. The number of nitrogens with zero attached hydrogens (tertiary/aromatic N) is 4. The number of urea groups is 1. The second-order valence-corrected chi connectivity index (χ2v) is 15.9. The number of hydrogen-bond donors (Lipinski definition) is 2. The van der Waals surface area contributed by atoms with Gasteiger partial charge in [0.25, 0.3) is 0 Å². The summed E-state index contributed by atoms with van der Waals surface area (Å²) in [4.78, 5) is 47.8. The predicted molar refractivity (Wildman–Crippen MR) is 173 cm³/mol. The highest BCUT2D eigenvalue weighted by Crippen LogP contribution is 2.25. The lowest BCUT2D eigenvalue weighted by molar-refractivity contribution is -0.143. The van der Waals surface area contributed by atoms with Crippen LogP contribution in [-0.2, 0) is 19.6 Å². The number of rotatable bonds is 10. The summed E-state index contributed by atoms with van der Waals surface area (Å²) >= 11 is 7.18. The number of carbonyl (C=O) groups excluding carboxylic acids is 3. The van der Waals surface area contributed by atoms with Gasteiger partial charge in [-0.15, -0.1) is 11.3 Å². The van der Waals surface area contributed by atoms with Crippen molar-refractivity contribution in [2.24, 2.45) is 0 Å². The number of hydrogen-bond acceptors (Lipinski definition) is 7. The lowest BCUT2D eigenvalue weighted by Gasteiger charge is -2.35. The van der Waals surface area contributed by atoms with Gasteiger partial charge in [-0.25, -0.2) is 13.2 Å². The third kappa shape index (κ3) is 8.74. The van der Waals surface area contributed by atoms with Gasteiger partial charge in [-0.1, -0.05) is 30.9 Å². The van der Waals surface area contributed by atoms with Crippen molar-refractivity contribution >= 4 is 56.9 Å². The molecule has 1 unspecified atom stereocenters. The van der Waals surface area contributed by atoms with Crippen LogP contribution in [0.15, 0.2) is 17.5 Å². The van der Waals surface area contributed by atoms with Crippen molar-refractivity contribution < 1.29 is 22.8 Å². The smallest absolute Gasteiger partial charge is 0.317 e. The maximum absolute atomic E-state index is 13.4. The number of amides is 4. The van der Waals surface area contributed by atoms with Crippen LogP contribution in [0.25, 0.3) is 6.08 Å². The molecule has 3 aliphatic heterocycles. The Kier molecular flexibility index (Phi) is 11.3. The largest absolute Gasteiger partial charge is 0.337 e. The second-order valence-electron chi connectivity index (χ2n) is 12.5. The van der Waals surface area contributed by atoms with Crippen LogP contribution < -0.4 is 10.0 Å². The van der Waals surface area contributed by atoms with E-state index in [4.69, 9.17) is 11.6 Å². The highest BCUT2D eigenvalue weighted by Gasteiger charge is 2.37. The van der Waals surface area contributed by atoms with Crippen molar-refractivity contribution in [3.63, 3.8) is 0 Å². The van der Waals surface area contributed by atoms with Crippen molar-refractivity contribution in [2.75, 3.05) is 46.3 Å². The minimum atomic E-state index is -3.86. The van der Waals surface area contributed by atoms with E-state index < -0.39 is 16.1 Å². The number of likely N-dealkylation sites (N-methyl/N-ethyl adjacent to an activating group) is 1. The molecule has 0 bridgehead atoms. The summed E-state index contributed by atoms with van der Waals surface area (Å²) in [6.07, 6.45) is 10.9. The molecule has 1 aliphatic carbocycles. The lowest BCUT2D eigenvalue weighted by atomic mass is 9.96. The minimum absolute atomic E-state index is 0.0108. The van der Waals surface area contributed by atoms with Crippen molar-refractivity contribution in [1.29, 1.82) is 0 Å². The van der Waals surface area contributed by atoms with Gasteiger partial charge in [0.2, 0.25) is 21.8 Å². The van der Waals surface area contributed by atoms with Crippen LogP contribution >= 0.6 is 22.9 Å². The first-order chi connectivity index (χ1) is 21.1. The molecule has 11 nitrogen and oxygen atoms in total. The molecule has 1 aromatic heterocycles. The number of halogens is 1. The van der Waals surface area contributed by atoms with E-state index in [0.717, 1.165) is 57.1 Å². The molecular formula is C30H45ClN6O5S2. The van der Waals surface area contributed by atoms with E-state index in [1.807, 2.05) is 16.8 Å². The van der Waals surface area contributed by atoms with E-state index >= 15 is 0 Å². The molecule has 3 atom stereocenters. The van der Waals surface area contributed by atoms with Crippen LogP contribution in [0.4, 0.5) is 4.79 Å². The van der Waals surface area contributed by atoms with Crippen molar-refractivity contribution in [2.45, 2.75) is 88.4 Å². The molecule has 0 radical (unpaired) electrons. The molecular weight excluding hydrogens is 624 g/mol. The van der Waals surface area contributed by atoms with E-state index in [0.29, 0.717) is 35.1 Å². The normalized spacial score (nSPS) is 25.7. The standard InChI is InChI=1S/C30H45ClN6O5S2/c1-34(30(40)32-22-7-3-2-4-8-22)23-13-17-35(19-23)20-24-9-5-16-37(24)28(38)21-36-15-6-10-26(29(36)39)33-44(41,42)18-14-25-11-12-27(31)43-25/h11-12,14,18,22-24,26,33H,2-10,13,15-17,19-21H2,1H3,(H,32,40)/t23?,24-,26-/m0/s1. The maximum Gasteiger partial charge on any atom is 0.317 e. The molecule has 4 aliphatic rings. The van der Waals surface area contributed by atoms with Gasteiger partial charge in [-0.05, 0) is 63.2 Å². The van der Waals surface area contributed by atoms with Crippen molar-refractivity contribution in [3.05, 3.63) is 26.8 Å². The monoisotopic (exact) mass is 668 g/mol. The van der Waals surface area contributed by atoms with Crippen LogP contribution in [0.2, 0.25) is 4.34 Å². The fourth-order valence-electron chi connectivity index (χ4n) is 6.91. The molecule has 2 N–H and O–H groups in total. The molecule has 1 aromatic rings. The van der Waals surface area contributed by atoms with Crippen LogP contribution in [0.3, 0.4) is 0 Å². The zero-order chi connectivity index (χ0) is 31.3. The number of likely N-dealkylation sites (tertiary alicyclic amines) is 3. The minimum Gasteiger partial charge on any atom is -0.337 e. The van der Waals surface area contributed by atoms with E-state index in [9.17, 15) is 22.8 Å². The van der Waals surface area contributed by atoms with Gasteiger partial charge < -0.3 is 20.0 Å². The second kappa shape index (κ2) is 14.9. The maximum atomic E-state index is 13.4. The Balaban J connectivity index is 1.09. The topological polar surface area (TPSA) is 122 Å². The number of carbonyl (C=O) groups is 3. The van der Waals surface area contributed by atoms with Gasteiger partial charge in [0.1, 0.15) is 6.04 Å². The van der Waals surface area contributed by atoms with Crippen LogP contribution in [0.1, 0.15) is 69.1 Å². The Morgan fingerprint density at radius 2 is 1.82 bits per heavy atom. The third-order valence-corrected chi connectivity index (χ3v) is 11.7. The Labute approximate surface area is 270 Å². The first-order valence-electron chi connectivity index (χ1n) is 15.9. The number of nitrogens with one attached hydrogen (secondary N) is 2. The summed E-state index contributed by atoms with van der Waals surface area (Å²) in [6, 6.07) is 3.02. The molecule has 0 spiro atoms. The van der Waals surface area contributed by atoms with E-state index in [1.165, 1.54) is 41.6 Å². The first kappa shape index (κ1) is 33.2. The molecule has 0 aromatic carbocycles. The molecule has 4 heterocycles. The lowest BCUT2D eigenvalue weighted by Crippen LogP contribution is -2.55. The van der Waals surface area contributed by atoms with E-state index in [-0.39, 0.29) is 42.5 Å². The summed E-state index contributed by atoms with van der Waals surface area (Å²) in [5, 5.41) is 4.26. The molecule has 5 rings (SSSR count).